The molecule has 0 unspecified atom stereocenters. The molecule has 106 valence electrons. The van der Waals surface area contributed by atoms with Gasteiger partial charge >= 0.3 is 0 Å². The average molecular weight is 394 g/mol. The predicted molar refractivity (Wildman–Crippen MR) is 94.7 cm³/mol. The molecule has 0 saturated carbocycles. The first-order valence-electron chi connectivity index (χ1n) is 6.06. The Kier molecular flexibility index (Phi) is 10.7. The van der Waals surface area contributed by atoms with Crippen LogP contribution in [-0.4, -0.2) is 26.1 Å². The largest absolute Gasteiger partial charge is 0.356 e. The molecule has 5 heteroatoms. The molecule has 0 amide bonds. The van der Waals surface area contributed by atoms with Gasteiger partial charge in [0.15, 0.2) is 5.96 Å². The van der Waals surface area contributed by atoms with E-state index in [0.717, 1.165) is 36.9 Å². The fourth-order valence-electron chi connectivity index (χ4n) is 1.54. The Morgan fingerprint density at radius 2 is 2.00 bits per heavy atom. The quantitative estimate of drug-likeness (QED) is 0.256. The third-order valence-corrected chi connectivity index (χ3v) is 2.74. The monoisotopic (exact) mass is 393 g/mol. The summed E-state index contributed by atoms with van der Waals surface area (Å²) in [5, 5.41) is 7.16. The molecule has 1 aromatic rings. The van der Waals surface area contributed by atoms with Gasteiger partial charge in [-0.3, -0.25) is 4.99 Å². The molecule has 1 rings (SSSR count). The van der Waals surface area contributed by atoms with Crippen LogP contribution in [0, 0.1) is 0 Å². The summed E-state index contributed by atoms with van der Waals surface area (Å²) >= 11 is 5.84. The SMILES string of the molecule is C=CCNC(=NC)NCCCc1ccc(Cl)cc1.I. The second-order valence-corrected chi connectivity index (χ2v) is 4.34. The van der Waals surface area contributed by atoms with Crippen LogP contribution < -0.4 is 10.6 Å². The van der Waals surface area contributed by atoms with E-state index in [9.17, 15) is 0 Å². The predicted octanol–water partition coefficient (Wildman–Crippen LogP) is 3.24. The first-order valence-corrected chi connectivity index (χ1v) is 6.44. The lowest BCUT2D eigenvalue weighted by Gasteiger charge is -2.10. The maximum absolute atomic E-state index is 5.84. The van der Waals surface area contributed by atoms with Crippen molar-refractivity contribution in [2.24, 2.45) is 4.99 Å². The van der Waals surface area contributed by atoms with E-state index in [2.05, 4.69) is 34.3 Å². The van der Waals surface area contributed by atoms with Gasteiger partial charge in [0.1, 0.15) is 0 Å². The second-order valence-electron chi connectivity index (χ2n) is 3.90. The van der Waals surface area contributed by atoms with Gasteiger partial charge in [-0.2, -0.15) is 0 Å². The number of hydrogen-bond acceptors (Lipinski definition) is 1. The van der Waals surface area contributed by atoms with Crippen molar-refractivity contribution in [1.82, 2.24) is 10.6 Å². The second kappa shape index (κ2) is 11.1. The van der Waals surface area contributed by atoms with Crippen molar-refractivity contribution >= 4 is 41.5 Å². The zero-order chi connectivity index (χ0) is 13.2. The first-order chi connectivity index (χ1) is 8.76. The van der Waals surface area contributed by atoms with Crippen LogP contribution in [0.5, 0.6) is 0 Å². The van der Waals surface area contributed by atoms with Crippen LogP contribution in [0.15, 0.2) is 41.9 Å². The third-order valence-electron chi connectivity index (χ3n) is 2.49. The fourth-order valence-corrected chi connectivity index (χ4v) is 1.67. The maximum Gasteiger partial charge on any atom is 0.191 e. The summed E-state index contributed by atoms with van der Waals surface area (Å²) in [7, 11) is 1.76. The Hall–Kier alpha value is -0.750. The number of benzene rings is 1. The van der Waals surface area contributed by atoms with Crippen molar-refractivity contribution in [3.63, 3.8) is 0 Å². The molecule has 0 aliphatic heterocycles. The number of aliphatic imine (C=N–C) groups is 1. The highest BCUT2D eigenvalue weighted by Crippen LogP contribution is 2.10. The lowest BCUT2D eigenvalue weighted by molar-refractivity contribution is 0.753. The molecule has 0 spiro atoms. The minimum absolute atomic E-state index is 0. The third kappa shape index (κ3) is 8.10. The molecule has 2 N–H and O–H groups in total. The first kappa shape index (κ1) is 18.2. The van der Waals surface area contributed by atoms with E-state index in [1.165, 1.54) is 5.56 Å². The highest BCUT2D eigenvalue weighted by atomic mass is 127. The summed E-state index contributed by atoms with van der Waals surface area (Å²) in [6.07, 6.45) is 3.89. The molecule has 19 heavy (non-hydrogen) atoms. The molecule has 0 fully saturated rings. The average Bonchev–Trinajstić information content (AvgIpc) is 2.40. The summed E-state index contributed by atoms with van der Waals surface area (Å²) < 4.78 is 0. The zero-order valence-electron chi connectivity index (χ0n) is 11.2. The normalized spacial score (nSPS) is 10.5. The van der Waals surface area contributed by atoms with Crippen LogP contribution in [0.2, 0.25) is 5.02 Å². The lowest BCUT2D eigenvalue weighted by atomic mass is 10.1. The van der Waals surface area contributed by atoms with Gasteiger partial charge in [-0.25, -0.2) is 0 Å². The number of guanidine groups is 1. The molecule has 0 aliphatic carbocycles. The number of halogens is 2. The summed E-state index contributed by atoms with van der Waals surface area (Å²) in [5.74, 6) is 0.811. The Morgan fingerprint density at radius 3 is 2.58 bits per heavy atom. The molecular formula is C14H21ClIN3. The van der Waals surface area contributed by atoms with Crippen LogP contribution in [0.3, 0.4) is 0 Å². The molecule has 0 heterocycles. The lowest BCUT2D eigenvalue weighted by Crippen LogP contribution is -2.37. The van der Waals surface area contributed by atoms with Gasteiger partial charge < -0.3 is 10.6 Å². The van der Waals surface area contributed by atoms with Gasteiger partial charge in [0, 0.05) is 25.2 Å². The van der Waals surface area contributed by atoms with Gasteiger partial charge in [-0.05, 0) is 30.5 Å². The molecule has 0 aliphatic rings. The van der Waals surface area contributed by atoms with E-state index in [1.807, 2.05) is 12.1 Å². The van der Waals surface area contributed by atoms with E-state index in [-0.39, 0.29) is 24.0 Å². The molecule has 0 bridgehead atoms. The Bertz CT molecular complexity index is 390. The summed E-state index contributed by atoms with van der Waals surface area (Å²) in [6, 6.07) is 7.98. The molecule has 0 aromatic heterocycles. The van der Waals surface area contributed by atoms with Crippen molar-refractivity contribution in [2.45, 2.75) is 12.8 Å². The Morgan fingerprint density at radius 1 is 1.32 bits per heavy atom. The van der Waals surface area contributed by atoms with E-state index >= 15 is 0 Å². The molecule has 0 atom stereocenters. The van der Waals surface area contributed by atoms with Gasteiger partial charge in [-0.15, -0.1) is 30.6 Å². The molecule has 1 aromatic carbocycles. The van der Waals surface area contributed by atoms with E-state index in [1.54, 1.807) is 13.1 Å². The van der Waals surface area contributed by atoms with Crippen molar-refractivity contribution in [3.8, 4) is 0 Å². The number of aryl methyl sites for hydroxylation is 1. The maximum atomic E-state index is 5.84. The van der Waals surface area contributed by atoms with Crippen molar-refractivity contribution < 1.29 is 0 Å². The van der Waals surface area contributed by atoms with Crippen LogP contribution in [0.25, 0.3) is 0 Å². The van der Waals surface area contributed by atoms with Crippen LogP contribution in [-0.2, 0) is 6.42 Å². The van der Waals surface area contributed by atoms with Crippen molar-refractivity contribution in [1.29, 1.82) is 0 Å². The van der Waals surface area contributed by atoms with Crippen LogP contribution in [0.4, 0.5) is 0 Å². The topological polar surface area (TPSA) is 36.4 Å². The summed E-state index contributed by atoms with van der Waals surface area (Å²) in [6.45, 7) is 5.26. The van der Waals surface area contributed by atoms with Gasteiger partial charge in [0.05, 0.1) is 0 Å². The molecule has 0 radical (unpaired) electrons. The van der Waals surface area contributed by atoms with Crippen LogP contribution in [0.1, 0.15) is 12.0 Å². The smallest absolute Gasteiger partial charge is 0.191 e. The van der Waals surface area contributed by atoms with Gasteiger partial charge in [0.25, 0.3) is 0 Å². The number of nitrogens with one attached hydrogen (secondary N) is 2. The number of nitrogens with zero attached hydrogens (tertiary/aromatic N) is 1. The fraction of sp³-hybridized carbons (Fsp3) is 0.357. The highest BCUT2D eigenvalue weighted by molar-refractivity contribution is 14.0. The minimum Gasteiger partial charge on any atom is -0.356 e. The zero-order valence-corrected chi connectivity index (χ0v) is 14.2. The highest BCUT2D eigenvalue weighted by Gasteiger charge is 1.96. The van der Waals surface area contributed by atoms with Crippen molar-refractivity contribution in [2.75, 3.05) is 20.1 Å². The van der Waals surface area contributed by atoms with Gasteiger partial charge in [0.2, 0.25) is 0 Å². The standard InChI is InChI=1S/C14H20ClN3.HI/c1-3-10-17-14(16-2)18-11-4-5-12-6-8-13(15)9-7-12;/h3,6-9H,1,4-5,10-11H2,2H3,(H2,16,17,18);1H. The molecule has 0 saturated heterocycles. The van der Waals surface area contributed by atoms with E-state index in [0.29, 0.717) is 0 Å². The molecular weight excluding hydrogens is 373 g/mol. The molecule has 3 nitrogen and oxygen atoms in total. The summed E-state index contributed by atoms with van der Waals surface area (Å²) in [4.78, 5) is 4.11. The minimum atomic E-state index is 0. The van der Waals surface area contributed by atoms with E-state index < -0.39 is 0 Å². The van der Waals surface area contributed by atoms with Crippen molar-refractivity contribution in [3.05, 3.63) is 47.5 Å². The summed E-state index contributed by atoms with van der Waals surface area (Å²) in [5.41, 5.74) is 1.30. The van der Waals surface area contributed by atoms with E-state index in [4.69, 9.17) is 11.6 Å². The van der Waals surface area contributed by atoms with Gasteiger partial charge in [-0.1, -0.05) is 29.8 Å². The number of hydrogen-bond donors (Lipinski definition) is 2. The Balaban J connectivity index is 0.00000324. The van der Waals surface area contributed by atoms with Crippen LogP contribution >= 0.6 is 35.6 Å². The Labute approximate surface area is 137 Å². The number of rotatable bonds is 6.